The lowest BCUT2D eigenvalue weighted by molar-refractivity contribution is -0.136. The number of fused-ring (bicyclic) bond motifs is 2. The number of imidazole rings is 1. The molecule has 0 spiro atoms. The minimum atomic E-state index is -0.989. The Bertz CT molecular complexity index is 2230. The average Bonchev–Trinajstić information content (AvgIpc) is 3.93. The van der Waals surface area contributed by atoms with E-state index in [9.17, 15) is 28.8 Å². The molecule has 4 aliphatic rings. The first kappa shape index (κ1) is 42.1. The summed E-state index contributed by atoms with van der Waals surface area (Å²) in [7, 11) is 1.84. The van der Waals surface area contributed by atoms with Gasteiger partial charge in [0.15, 0.2) is 0 Å². The van der Waals surface area contributed by atoms with Gasteiger partial charge in [0, 0.05) is 61.7 Å². The topological polar surface area (TPSA) is 222 Å². The summed E-state index contributed by atoms with van der Waals surface area (Å²) in [5.41, 5.74) is 4.73. The third-order valence-corrected chi connectivity index (χ3v) is 11.8. The maximum atomic E-state index is 13.3. The largest absolute Gasteiger partial charge is 0.384 e. The van der Waals surface area contributed by atoms with E-state index in [4.69, 9.17) is 10.4 Å². The molecule has 3 atom stereocenters. The van der Waals surface area contributed by atoms with Gasteiger partial charge in [-0.3, -0.25) is 43.9 Å². The highest BCUT2D eigenvalue weighted by Crippen LogP contribution is 2.32. The van der Waals surface area contributed by atoms with Crippen LogP contribution in [-0.2, 0) is 25.7 Å². The number of amides is 6. The molecule has 2 fully saturated rings. The van der Waals surface area contributed by atoms with Crippen molar-refractivity contribution in [2.24, 2.45) is 5.92 Å². The molecule has 3 unspecified atom stereocenters. The smallest absolute Gasteiger partial charge is 0.264 e. The summed E-state index contributed by atoms with van der Waals surface area (Å²) < 4.78 is 0. The SMILES string of the molecule is CNC1CC=C(C(=O)Nc2ccc3[nH]c(CN4CCC(CC(=O)NCCCCCCCCNc5cccc6c5C(=O)N(C5CCC(=O)NC5=O)C6=O)C4)nc3c2)C=C1C=N. The molecule has 16 heteroatoms. The fourth-order valence-corrected chi connectivity index (χ4v) is 8.56. The van der Waals surface area contributed by atoms with Crippen LogP contribution in [0.2, 0.25) is 0 Å². The van der Waals surface area contributed by atoms with Gasteiger partial charge in [-0.05, 0) is 93.6 Å². The van der Waals surface area contributed by atoms with E-state index in [0.29, 0.717) is 55.3 Å². The maximum absolute atomic E-state index is 13.3. The second-order valence-corrected chi connectivity index (χ2v) is 16.1. The van der Waals surface area contributed by atoms with E-state index in [-0.39, 0.29) is 41.8 Å². The van der Waals surface area contributed by atoms with Gasteiger partial charge in [0.1, 0.15) is 11.9 Å². The van der Waals surface area contributed by atoms with Crippen molar-refractivity contribution in [2.75, 3.05) is 43.9 Å². The summed E-state index contributed by atoms with van der Waals surface area (Å²) in [6.45, 7) is 3.68. The Balaban J connectivity index is 0.747. The Morgan fingerprint density at radius 3 is 2.57 bits per heavy atom. The van der Waals surface area contributed by atoms with Gasteiger partial charge in [-0.1, -0.05) is 37.8 Å². The van der Waals surface area contributed by atoms with Crippen LogP contribution in [0, 0.1) is 11.3 Å². The van der Waals surface area contributed by atoms with Crippen LogP contribution < -0.4 is 26.6 Å². The zero-order valence-corrected chi connectivity index (χ0v) is 34.0. The van der Waals surface area contributed by atoms with Gasteiger partial charge < -0.3 is 31.7 Å². The maximum Gasteiger partial charge on any atom is 0.264 e. The predicted molar refractivity (Wildman–Crippen MR) is 227 cm³/mol. The number of hydrogen-bond donors (Lipinski definition) is 7. The Morgan fingerprint density at radius 2 is 1.78 bits per heavy atom. The van der Waals surface area contributed by atoms with E-state index < -0.39 is 29.7 Å². The number of carbonyl (C=O) groups is 6. The van der Waals surface area contributed by atoms with E-state index in [0.717, 1.165) is 85.4 Å². The molecule has 7 N–H and O–H groups in total. The number of nitrogens with one attached hydrogen (secondary N) is 7. The molecule has 2 aromatic carbocycles. The van der Waals surface area contributed by atoms with Crippen LogP contribution in [0.15, 0.2) is 59.7 Å². The fourth-order valence-electron chi connectivity index (χ4n) is 8.56. The van der Waals surface area contributed by atoms with Gasteiger partial charge in [-0.25, -0.2) is 4.98 Å². The highest BCUT2D eigenvalue weighted by atomic mass is 16.2. The van der Waals surface area contributed by atoms with Crippen LogP contribution in [-0.4, -0.2) is 107 Å². The lowest BCUT2D eigenvalue weighted by Crippen LogP contribution is -2.54. The molecule has 16 nitrogen and oxygen atoms in total. The first-order chi connectivity index (χ1) is 29.1. The van der Waals surface area contributed by atoms with Crippen LogP contribution >= 0.6 is 0 Å². The van der Waals surface area contributed by atoms with Crippen molar-refractivity contribution in [1.29, 1.82) is 5.41 Å². The second kappa shape index (κ2) is 19.4. The van der Waals surface area contributed by atoms with Gasteiger partial charge in [-0.15, -0.1) is 0 Å². The number of piperidine rings is 1. The number of aromatic amines is 1. The van der Waals surface area contributed by atoms with Crippen LogP contribution in [0.1, 0.15) is 97.2 Å². The molecule has 4 heterocycles. The number of hydrogen-bond acceptors (Lipinski definition) is 11. The normalized spacial score (nSPS) is 20.5. The van der Waals surface area contributed by atoms with Crippen molar-refractivity contribution in [3.63, 3.8) is 0 Å². The standard InChI is InChI=1S/C44H54N10O6/c1-46-32-13-11-28(22-29(32)24-45)41(57)49-30-12-14-33-35(23-30)51-37(50-33)26-53-20-17-27(25-53)21-39(56)48-19-7-5-3-2-4-6-18-47-34-10-8-9-31-40(34)44(60)54(43(31)59)36-15-16-38(55)52-42(36)58/h8-12,14,22-24,27,32,36,45-47H,2-7,13,15-21,25-26H2,1H3,(H,48,56)(H,49,57)(H,50,51)(H,52,55,58). The number of anilines is 2. The molecule has 7 rings (SSSR count). The number of unbranched alkanes of at least 4 members (excludes halogenated alkanes) is 5. The van der Waals surface area contributed by atoms with Gasteiger partial charge in [0.2, 0.25) is 17.7 Å². The van der Waals surface area contributed by atoms with Crippen molar-refractivity contribution >= 4 is 64.1 Å². The van der Waals surface area contributed by atoms with E-state index in [1.807, 2.05) is 31.3 Å². The fraction of sp³-hybridized carbons (Fsp3) is 0.455. The average molecular weight is 819 g/mol. The lowest BCUT2D eigenvalue weighted by Gasteiger charge is -2.27. The molecule has 0 saturated carbocycles. The molecule has 1 aromatic heterocycles. The Morgan fingerprint density at radius 1 is 0.983 bits per heavy atom. The van der Waals surface area contributed by atoms with Crippen molar-refractivity contribution in [3.8, 4) is 0 Å². The van der Waals surface area contributed by atoms with Crippen LogP contribution in [0.25, 0.3) is 11.0 Å². The Hall–Kier alpha value is -6.00. The Kier molecular flexibility index (Phi) is 13.6. The monoisotopic (exact) mass is 818 g/mol. The molecule has 3 aromatic rings. The van der Waals surface area contributed by atoms with E-state index in [1.54, 1.807) is 24.3 Å². The number of aromatic nitrogens is 2. The highest BCUT2D eigenvalue weighted by Gasteiger charge is 2.45. The molecule has 0 bridgehead atoms. The number of benzene rings is 2. The summed E-state index contributed by atoms with van der Waals surface area (Å²) in [6, 6.07) is 9.75. The van der Waals surface area contributed by atoms with Crippen molar-refractivity contribution in [3.05, 3.63) is 76.6 Å². The number of H-pyrrole nitrogens is 1. The van der Waals surface area contributed by atoms with Crippen LogP contribution in [0.4, 0.5) is 11.4 Å². The number of rotatable bonds is 19. The van der Waals surface area contributed by atoms with Gasteiger partial charge in [-0.2, -0.15) is 0 Å². The molecule has 0 radical (unpaired) electrons. The van der Waals surface area contributed by atoms with Gasteiger partial charge >= 0.3 is 0 Å². The van der Waals surface area contributed by atoms with E-state index in [2.05, 4.69) is 36.5 Å². The first-order valence-corrected chi connectivity index (χ1v) is 21.1. The van der Waals surface area contributed by atoms with Crippen molar-refractivity contribution in [2.45, 2.75) is 89.3 Å². The number of carbonyl (C=O) groups excluding carboxylic acids is 6. The highest BCUT2D eigenvalue weighted by molar-refractivity contribution is 6.25. The van der Waals surface area contributed by atoms with E-state index >= 15 is 0 Å². The summed E-state index contributed by atoms with van der Waals surface area (Å²) in [6.07, 6.45) is 13.2. The molecule has 6 amide bonds. The third kappa shape index (κ3) is 9.88. The summed E-state index contributed by atoms with van der Waals surface area (Å²) >= 11 is 0. The third-order valence-electron chi connectivity index (χ3n) is 11.8. The summed E-state index contributed by atoms with van der Waals surface area (Å²) in [4.78, 5) is 87.5. The zero-order valence-electron chi connectivity index (χ0n) is 34.0. The minimum Gasteiger partial charge on any atom is -0.384 e. The molecule has 316 valence electrons. The first-order valence-electron chi connectivity index (χ1n) is 21.1. The molecular formula is C44H54N10O6. The Labute approximate surface area is 348 Å². The van der Waals surface area contributed by atoms with Crippen molar-refractivity contribution in [1.82, 2.24) is 35.7 Å². The molecule has 3 aliphatic heterocycles. The quantitative estimate of drug-likeness (QED) is 0.0520. The number of nitrogens with zero attached hydrogens (tertiary/aromatic N) is 3. The molecule has 60 heavy (non-hydrogen) atoms. The number of imide groups is 2. The molecule has 2 saturated heterocycles. The summed E-state index contributed by atoms with van der Waals surface area (Å²) in [5.74, 6) is -1.04. The van der Waals surface area contributed by atoms with Crippen LogP contribution in [0.3, 0.4) is 0 Å². The van der Waals surface area contributed by atoms with Crippen molar-refractivity contribution < 1.29 is 28.8 Å². The van der Waals surface area contributed by atoms with Gasteiger partial charge in [0.05, 0.1) is 28.7 Å². The second-order valence-electron chi connectivity index (χ2n) is 16.1. The number of likely N-dealkylation sites (tertiary alicyclic amines) is 1. The molecular weight excluding hydrogens is 765 g/mol. The molecule has 1 aliphatic carbocycles. The summed E-state index contributed by atoms with van der Waals surface area (Å²) in [5, 5.41) is 22.4. The predicted octanol–water partition coefficient (Wildman–Crippen LogP) is 4.18. The van der Waals surface area contributed by atoms with E-state index in [1.165, 1.54) is 6.21 Å². The lowest BCUT2D eigenvalue weighted by atomic mass is 9.95. The van der Waals surface area contributed by atoms with Gasteiger partial charge in [0.25, 0.3) is 17.7 Å². The number of likely N-dealkylation sites (N-methyl/N-ethyl adjacent to an activating group) is 1. The zero-order chi connectivity index (χ0) is 42.2. The minimum absolute atomic E-state index is 0.0327. The van der Waals surface area contributed by atoms with Crippen LogP contribution in [0.5, 0.6) is 0 Å².